The smallest absolute Gasteiger partial charge is 0.276 e. The lowest BCUT2D eigenvalue weighted by Gasteiger charge is -2.24. The quantitative estimate of drug-likeness (QED) is 0.535. The van der Waals surface area contributed by atoms with Crippen LogP contribution in [0.5, 0.6) is 0 Å². The van der Waals surface area contributed by atoms with Gasteiger partial charge in [-0.1, -0.05) is 47.6 Å². The van der Waals surface area contributed by atoms with Crippen LogP contribution < -0.4 is 5.32 Å². The van der Waals surface area contributed by atoms with Crippen LogP contribution in [-0.4, -0.2) is 47.7 Å². The van der Waals surface area contributed by atoms with Crippen LogP contribution in [0.1, 0.15) is 35.3 Å². The summed E-state index contributed by atoms with van der Waals surface area (Å²) in [5, 5.41) is 6.77. The summed E-state index contributed by atoms with van der Waals surface area (Å²) >= 11 is 0. The van der Waals surface area contributed by atoms with Gasteiger partial charge in [0.25, 0.3) is 5.91 Å². The van der Waals surface area contributed by atoms with Crippen LogP contribution in [-0.2, 0) is 16.1 Å². The normalized spacial score (nSPS) is 15.4. The van der Waals surface area contributed by atoms with Crippen molar-refractivity contribution in [3.63, 3.8) is 0 Å². The first kappa shape index (κ1) is 22.7. The van der Waals surface area contributed by atoms with Gasteiger partial charge in [-0.2, -0.15) is 0 Å². The van der Waals surface area contributed by atoms with E-state index >= 15 is 0 Å². The molecule has 0 unspecified atom stereocenters. The number of rotatable bonds is 9. The van der Waals surface area contributed by atoms with E-state index in [1.165, 1.54) is 12.1 Å². The van der Waals surface area contributed by atoms with E-state index in [2.05, 4.69) is 10.5 Å². The maximum absolute atomic E-state index is 13.2. The lowest BCUT2D eigenvalue weighted by Crippen LogP contribution is -2.40. The second kappa shape index (κ2) is 10.9. The molecule has 4 rings (SSSR count). The molecule has 0 aliphatic carbocycles. The Labute approximate surface area is 191 Å². The van der Waals surface area contributed by atoms with Gasteiger partial charge in [-0.25, -0.2) is 4.39 Å². The number of nitrogens with zero attached hydrogens (tertiary/aromatic N) is 2. The molecule has 0 bridgehead atoms. The standard InChI is InChI=1S/C25H26FN3O4/c26-20-10-8-18(9-11-20)16-27-24(30)12-13-29(17-21-7-4-14-32-21)25(31)22-15-23(33-28-22)19-5-2-1-3-6-19/h1-3,5-6,8-11,15,21H,4,7,12-14,16-17H2,(H,27,30)/t21-/m1/s1. The molecule has 0 saturated carbocycles. The largest absolute Gasteiger partial charge is 0.376 e. The first-order valence-corrected chi connectivity index (χ1v) is 11.0. The Kier molecular flexibility index (Phi) is 7.47. The van der Waals surface area contributed by atoms with Crippen LogP contribution in [0, 0.1) is 5.82 Å². The summed E-state index contributed by atoms with van der Waals surface area (Å²) in [5.41, 5.74) is 1.82. The van der Waals surface area contributed by atoms with E-state index < -0.39 is 0 Å². The number of nitrogens with one attached hydrogen (secondary N) is 1. The van der Waals surface area contributed by atoms with Crippen molar-refractivity contribution in [2.24, 2.45) is 0 Å². The zero-order valence-electron chi connectivity index (χ0n) is 18.2. The monoisotopic (exact) mass is 451 g/mol. The molecule has 0 spiro atoms. The van der Waals surface area contributed by atoms with E-state index in [0.29, 0.717) is 25.5 Å². The Morgan fingerprint density at radius 2 is 1.91 bits per heavy atom. The molecule has 2 aromatic carbocycles. The van der Waals surface area contributed by atoms with E-state index in [4.69, 9.17) is 9.26 Å². The fourth-order valence-corrected chi connectivity index (χ4v) is 3.71. The van der Waals surface area contributed by atoms with Gasteiger partial charge in [0.05, 0.1) is 6.10 Å². The summed E-state index contributed by atoms with van der Waals surface area (Å²) in [7, 11) is 0. The van der Waals surface area contributed by atoms with Crippen molar-refractivity contribution < 1.29 is 23.2 Å². The third-order valence-corrected chi connectivity index (χ3v) is 5.53. The summed E-state index contributed by atoms with van der Waals surface area (Å²) in [6, 6.07) is 17.0. The highest BCUT2D eigenvalue weighted by Crippen LogP contribution is 2.21. The predicted octanol–water partition coefficient (Wildman–Crippen LogP) is 3.81. The van der Waals surface area contributed by atoms with Gasteiger partial charge in [0.15, 0.2) is 11.5 Å². The molecule has 1 N–H and O–H groups in total. The molecule has 1 aliphatic heterocycles. The van der Waals surface area contributed by atoms with Crippen LogP contribution in [0.25, 0.3) is 11.3 Å². The number of benzene rings is 2. The predicted molar refractivity (Wildman–Crippen MR) is 120 cm³/mol. The molecule has 8 heteroatoms. The highest BCUT2D eigenvalue weighted by molar-refractivity contribution is 5.93. The topological polar surface area (TPSA) is 84.7 Å². The molecule has 1 saturated heterocycles. The van der Waals surface area contributed by atoms with Gasteiger partial charge in [0, 0.05) is 44.3 Å². The van der Waals surface area contributed by atoms with Gasteiger partial charge >= 0.3 is 0 Å². The molecule has 1 aromatic heterocycles. The fourth-order valence-electron chi connectivity index (χ4n) is 3.71. The van der Waals surface area contributed by atoms with Gasteiger partial charge < -0.3 is 19.5 Å². The number of halogens is 1. The SMILES string of the molecule is O=C(CCN(C[C@H]1CCCO1)C(=O)c1cc(-c2ccccc2)on1)NCc1ccc(F)cc1. The molecule has 0 radical (unpaired) electrons. The molecule has 2 amide bonds. The van der Waals surface area contributed by atoms with E-state index in [9.17, 15) is 14.0 Å². The lowest BCUT2D eigenvalue weighted by molar-refractivity contribution is -0.121. The number of hydrogen-bond acceptors (Lipinski definition) is 5. The van der Waals surface area contributed by atoms with E-state index in [-0.39, 0.29) is 42.4 Å². The van der Waals surface area contributed by atoms with Crippen molar-refractivity contribution in [2.75, 3.05) is 19.7 Å². The van der Waals surface area contributed by atoms with Gasteiger partial charge in [-0.3, -0.25) is 9.59 Å². The molecule has 7 nitrogen and oxygen atoms in total. The highest BCUT2D eigenvalue weighted by atomic mass is 19.1. The van der Waals surface area contributed by atoms with Crippen molar-refractivity contribution in [1.82, 2.24) is 15.4 Å². The number of hydrogen-bond donors (Lipinski definition) is 1. The van der Waals surface area contributed by atoms with Crippen molar-refractivity contribution in [3.8, 4) is 11.3 Å². The van der Waals surface area contributed by atoms with Crippen molar-refractivity contribution in [2.45, 2.75) is 31.9 Å². The average Bonchev–Trinajstić information content (AvgIpc) is 3.54. The van der Waals surface area contributed by atoms with E-state index in [0.717, 1.165) is 24.0 Å². The molecule has 1 aliphatic rings. The van der Waals surface area contributed by atoms with E-state index in [1.54, 1.807) is 23.1 Å². The highest BCUT2D eigenvalue weighted by Gasteiger charge is 2.26. The minimum absolute atomic E-state index is 0.0586. The maximum Gasteiger partial charge on any atom is 0.276 e. The molecule has 33 heavy (non-hydrogen) atoms. The van der Waals surface area contributed by atoms with Crippen LogP contribution in [0.3, 0.4) is 0 Å². The number of ether oxygens (including phenoxy) is 1. The van der Waals surface area contributed by atoms with Gasteiger partial charge in [0.2, 0.25) is 5.91 Å². The minimum atomic E-state index is -0.323. The number of carbonyl (C=O) groups excluding carboxylic acids is 2. The molecular weight excluding hydrogens is 425 g/mol. The zero-order chi connectivity index (χ0) is 23.0. The van der Waals surface area contributed by atoms with Crippen molar-refractivity contribution >= 4 is 11.8 Å². The third-order valence-electron chi connectivity index (χ3n) is 5.53. The summed E-state index contributed by atoms with van der Waals surface area (Å²) in [4.78, 5) is 27.2. The van der Waals surface area contributed by atoms with Crippen LogP contribution in [0.2, 0.25) is 0 Å². The summed E-state index contributed by atoms with van der Waals surface area (Å²) in [6.45, 7) is 1.58. The number of amides is 2. The van der Waals surface area contributed by atoms with Crippen LogP contribution in [0.15, 0.2) is 65.2 Å². The van der Waals surface area contributed by atoms with Crippen molar-refractivity contribution in [3.05, 3.63) is 77.7 Å². The Balaban J connectivity index is 1.38. The number of aromatic nitrogens is 1. The first-order valence-electron chi connectivity index (χ1n) is 11.0. The van der Waals surface area contributed by atoms with Gasteiger partial charge in [-0.15, -0.1) is 0 Å². The number of carbonyl (C=O) groups is 2. The van der Waals surface area contributed by atoms with Crippen LogP contribution >= 0.6 is 0 Å². The van der Waals surface area contributed by atoms with Crippen LogP contribution in [0.4, 0.5) is 4.39 Å². The summed E-state index contributed by atoms with van der Waals surface area (Å²) < 4.78 is 24.1. The van der Waals surface area contributed by atoms with Gasteiger partial charge in [0.1, 0.15) is 5.82 Å². The molecule has 2 heterocycles. The summed E-state index contributed by atoms with van der Waals surface area (Å²) in [6.07, 6.45) is 1.89. The second-order valence-electron chi connectivity index (χ2n) is 7.98. The Hall–Kier alpha value is -3.52. The average molecular weight is 451 g/mol. The third kappa shape index (κ3) is 6.26. The Morgan fingerprint density at radius 1 is 1.12 bits per heavy atom. The fraction of sp³-hybridized carbons (Fsp3) is 0.320. The first-order chi connectivity index (χ1) is 16.1. The molecule has 172 valence electrons. The van der Waals surface area contributed by atoms with Crippen molar-refractivity contribution in [1.29, 1.82) is 0 Å². The molecular formula is C25H26FN3O4. The minimum Gasteiger partial charge on any atom is -0.376 e. The van der Waals surface area contributed by atoms with Gasteiger partial charge in [-0.05, 0) is 30.5 Å². The molecule has 3 aromatic rings. The molecule has 1 atom stereocenters. The second-order valence-corrected chi connectivity index (χ2v) is 7.98. The summed E-state index contributed by atoms with van der Waals surface area (Å²) in [5.74, 6) is -0.318. The maximum atomic E-state index is 13.2. The Morgan fingerprint density at radius 3 is 2.64 bits per heavy atom. The Bertz CT molecular complexity index is 1060. The zero-order valence-corrected chi connectivity index (χ0v) is 18.2. The lowest BCUT2D eigenvalue weighted by atomic mass is 10.1. The molecule has 1 fully saturated rings. The van der Waals surface area contributed by atoms with E-state index in [1.807, 2.05) is 30.3 Å².